The summed E-state index contributed by atoms with van der Waals surface area (Å²) in [5.41, 5.74) is 3.10. The number of nitrogens with one attached hydrogen (secondary N) is 1. The van der Waals surface area contributed by atoms with Gasteiger partial charge in [-0.2, -0.15) is 5.10 Å². The van der Waals surface area contributed by atoms with Gasteiger partial charge in [0.2, 0.25) is 0 Å². The zero-order valence-electron chi connectivity index (χ0n) is 17.1. The molecule has 158 valence electrons. The molecule has 0 amide bonds. The number of aromatic nitrogens is 4. The van der Waals surface area contributed by atoms with Crippen LogP contribution < -0.4 is 10.9 Å². The normalized spacial score (nSPS) is 20.0. The van der Waals surface area contributed by atoms with Crippen molar-refractivity contribution in [2.75, 3.05) is 6.54 Å². The van der Waals surface area contributed by atoms with Crippen LogP contribution in [0.4, 0.5) is 0 Å². The minimum atomic E-state index is -0.233. The fourth-order valence-corrected chi connectivity index (χ4v) is 5.17. The minimum absolute atomic E-state index is 0.0400. The number of fused-ring (bicyclic) bond motifs is 2. The molecule has 3 aromatic heterocycles. The van der Waals surface area contributed by atoms with E-state index in [1.165, 1.54) is 0 Å². The highest BCUT2D eigenvalue weighted by atomic mass is 35.5. The van der Waals surface area contributed by atoms with Crippen molar-refractivity contribution in [3.05, 3.63) is 57.9 Å². The number of hydrogen-bond acceptors (Lipinski definition) is 5. The quantitative estimate of drug-likeness (QED) is 0.499. The Balaban J connectivity index is 1.45. The van der Waals surface area contributed by atoms with Gasteiger partial charge in [-0.05, 0) is 62.9 Å². The number of aryl methyl sites for hydroxylation is 1. The number of nitrogens with zero attached hydrogens (tertiary/aromatic N) is 4. The molecule has 1 saturated carbocycles. The Labute approximate surface area is 183 Å². The topological polar surface area (TPSA) is 84.5 Å². The number of imidazole rings is 1. The van der Waals surface area contributed by atoms with E-state index in [4.69, 9.17) is 11.6 Å². The first-order valence-electron chi connectivity index (χ1n) is 10.6. The van der Waals surface area contributed by atoms with Gasteiger partial charge >= 0.3 is 0 Å². The average Bonchev–Trinajstić information content (AvgIpc) is 3.35. The molecule has 1 spiro atoms. The summed E-state index contributed by atoms with van der Waals surface area (Å²) in [6.07, 6.45) is 9.59. The number of piperidine rings is 1. The molecule has 1 unspecified atom stereocenters. The maximum atomic E-state index is 13.2. The van der Waals surface area contributed by atoms with Gasteiger partial charge in [-0.3, -0.25) is 4.79 Å². The largest absolute Gasteiger partial charge is 0.507 e. The highest BCUT2D eigenvalue weighted by Crippen LogP contribution is 2.45. The standard InChI is InChI=1S/C23H22ClN5O2/c1-13-11-28-12-16(7-18(24)21(28)27-13)14-6-15-10-26-29(22(31)20(15)19(30)8-14)17-2-5-25-23(9-17)3-4-23/h6-8,10-12,17,25,30H,2-5,9H2,1H3. The molecule has 0 bridgehead atoms. The Kier molecular flexibility index (Phi) is 3.98. The number of pyridine rings is 1. The number of halogens is 1. The van der Waals surface area contributed by atoms with Crippen LogP contribution in [-0.4, -0.2) is 36.4 Å². The van der Waals surface area contributed by atoms with E-state index in [-0.39, 0.29) is 22.9 Å². The van der Waals surface area contributed by atoms with Crippen LogP contribution >= 0.6 is 11.6 Å². The van der Waals surface area contributed by atoms with Gasteiger partial charge < -0.3 is 14.8 Å². The first-order chi connectivity index (χ1) is 14.9. The van der Waals surface area contributed by atoms with Crippen LogP contribution in [0.3, 0.4) is 0 Å². The van der Waals surface area contributed by atoms with Crippen LogP contribution in [0.5, 0.6) is 5.75 Å². The van der Waals surface area contributed by atoms with E-state index in [0.29, 0.717) is 21.4 Å². The summed E-state index contributed by atoms with van der Waals surface area (Å²) in [5.74, 6) is -0.0400. The van der Waals surface area contributed by atoms with Crippen molar-refractivity contribution in [3.63, 3.8) is 0 Å². The van der Waals surface area contributed by atoms with E-state index >= 15 is 0 Å². The van der Waals surface area contributed by atoms with Gasteiger partial charge in [0, 0.05) is 28.9 Å². The second-order valence-corrected chi connectivity index (χ2v) is 9.30. The third kappa shape index (κ3) is 3.03. The van der Waals surface area contributed by atoms with E-state index in [2.05, 4.69) is 15.4 Å². The fourth-order valence-electron chi connectivity index (χ4n) is 4.91. The van der Waals surface area contributed by atoms with Crippen molar-refractivity contribution in [1.29, 1.82) is 0 Å². The van der Waals surface area contributed by atoms with E-state index in [1.807, 2.05) is 35.9 Å². The third-order valence-corrected chi connectivity index (χ3v) is 6.93. The number of rotatable bonds is 2. The molecule has 2 fully saturated rings. The van der Waals surface area contributed by atoms with E-state index in [1.54, 1.807) is 16.9 Å². The third-order valence-electron chi connectivity index (χ3n) is 6.65. The maximum Gasteiger partial charge on any atom is 0.278 e. The highest BCUT2D eigenvalue weighted by molar-refractivity contribution is 6.33. The van der Waals surface area contributed by atoms with E-state index in [9.17, 15) is 9.90 Å². The Hall–Kier alpha value is -2.90. The number of benzene rings is 1. The van der Waals surface area contributed by atoms with Gasteiger partial charge in [0.1, 0.15) is 5.75 Å². The van der Waals surface area contributed by atoms with E-state index in [0.717, 1.165) is 49.0 Å². The van der Waals surface area contributed by atoms with Crippen LogP contribution in [0, 0.1) is 6.92 Å². The fraction of sp³-hybridized carbons (Fsp3) is 0.348. The molecule has 31 heavy (non-hydrogen) atoms. The summed E-state index contributed by atoms with van der Waals surface area (Å²) >= 11 is 6.43. The number of aromatic hydroxyl groups is 1. The van der Waals surface area contributed by atoms with Crippen molar-refractivity contribution in [3.8, 4) is 16.9 Å². The van der Waals surface area contributed by atoms with E-state index < -0.39 is 0 Å². The average molecular weight is 436 g/mol. The first kappa shape index (κ1) is 18.8. The molecule has 6 rings (SSSR count). The van der Waals surface area contributed by atoms with Gasteiger partial charge in [0.15, 0.2) is 5.65 Å². The molecule has 1 aromatic carbocycles. The summed E-state index contributed by atoms with van der Waals surface area (Å²) in [5, 5.41) is 20.3. The summed E-state index contributed by atoms with van der Waals surface area (Å²) < 4.78 is 3.44. The SMILES string of the molecule is Cc1cn2cc(-c3cc(O)c4c(=O)n(C5CCNC6(CC6)C5)ncc4c3)cc(Cl)c2n1. The van der Waals surface area contributed by atoms with Gasteiger partial charge in [-0.25, -0.2) is 9.67 Å². The second kappa shape index (κ2) is 6.55. The minimum Gasteiger partial charge on any atom is -0.507 e. The van der Waals surface area contributed by atoms with Gasteiger partial charge in [-0.15, -0.1) is 0 Å². The van der Waals surface area contributed by atoms with Crippen LogP contribution in [0.1, 0.15) is 37.4 Å². The zero-order chi connectivity index (χ0) is 21.3. The number of phenols is 1. The van der Waals surface area contributed by atoms with Gasteiger partial charge in [0.05, 0.1) is 28.3 Å². The first-order valence-corrected chi connectivity index (χ1v) is 11.0. The zero-order valence-corrected chi connectivity index (χ0v) is 17.9. The Bertz CT molecular complexity index is 1420. The molecule has 7 nitrogen and oxygen atoms in total. The molecule has 2 aliphatic rings. The van der Waals surface area contributed by atoms with Crippen molar-refractivity contribution in [2.24, 2.45) is 0 Å². The lowest BCUT2D eigenvalue weighted by Gasteiger charge is -2.31. The Morgan fingerprint density at radius 3 is 2.87 bits per heavy atom. The van der Waals surface area contributed by atoms with Crippen molar-refractivity contribution >= 4 is 28.0 Å². The summed E-state index contributed by atoms with van der Waals surface area (Å²) in [4.78, 5) is 17.7. The molecule has 4 heterocycles. The van der Waals surface area contributed by atoms with Crippen molar-refractivity contribution < 1.29 is 5.11 Å². The predicted octanol–water partition coefficient (Wildman–Crippen LogP) is 3.84. The lowest BCUT2D eigenvalue weighted by molar-refractivity contribution is 0.264. The van der Waals surface area contributed by atoms with Crippen molar-refractivity contribution in [2.45, 2.75) is 44.2 Å². The second-order valence-electron chi connectivity index (χ2n) is 8.90. The van der Waals surface area contributed by atoms with Crippen LogP contribution in [0.2, 0.25) is 5.02 Å². The van der Waals surface area contributed by atoms with Crippen LogP contribution in [0.15, 0.2) is 41.6 Å². The summed E-state index contributed by atoms with van der Waals surface area (Å²) in [7, 11) is 0. The smallest absolute Gasteiger partial charge is 0.278 e. The summed E-state index contributed by atoms with van der Waals surface area (Å²) in [6.45, 7) is 2.80. The molecule has 1 aliphatic heterocycles. The van der Waals surface area contributed by atoms with Crippen LogP contribution in [-0.2, 0) is 0 Å². The van der Waals surface area contributed by atoms with Gasteiger partial charge in [0.25, 0.3) is 5.56 Å². The number of hydrogen-bond donors (Lipinski definition) is 2. The number of phenolic OH excluding ortho intramolecular Hbond substituents is 1. The molecule has 1 atom stereocenters. The molecule has 0 radical (unpaired) electrons. The van der Waals surface area contributed by atoms with Crippen LogP contribution in [0.25, 0.3) is 27.5 Å². The highest BCUT2D eigenvalue weighted by Gasteiger charge is 2.46. The lowest BCUT2D eigenvalue weighted by atomic mass is 9.97. The molecule has 8 heteroatoms. The lowest BCUT2D eigenvalue weighted by Crippen LogP contribution is -2.43. The molecule has 1 saturated heterocycles. The molecule has 2 N–H and O–H groups in total. The molecule has 1 aliphatic carbocycles. The molecule has 4 aromatic rings. The molecular weight excluding hydrogens is 414 g/mol. The summed E-state index contributed by atoms with van der Waals surface area (Å²) in [6, 6.07) is 5.38. The Morgan fingerprint density at radius 2 is 2.06 bits per heavy atom. The van der Waals surface area contributed by atoms with Crippen molar-refractivity contribution in [1.82, 2.24) is 24.5 Å². The monoisotopic (exact) mass is 435 g/mol. The van der Waals surface area contributed by atoms with Gasteiger partial charge in [-0.1, -0.05) is 11.6 Å². The predicted molar refractivity (Wildman–Crippen MR) is 120 cm³/mol. The Morgan fingerprint density at radius 1 is 1.23 bits per heavy atom. The maximum absolute atomic E-state index is 13.2. The molecular formula is C23H22ClN5O2.